The van der Waals surface area contributed by atoms with E-state index in [1.807, 2.05) is 0 Å². The summed E-state index contributed by atoms with van der Waals surface area (Å²) in [5, 5.41) is 0. The molecule has 0 amide bonds. The van der Waals surface area contributed by atoms with Gasteiger partial charge >= 0.3 is 11.9 Å². The second-order valence-corrected chi connectivity index (χ2v) is 5.35. The number of ketones is 1. The predicted octanol–water partition coefficient (Wildman–Crippen LogP) is 1.96. The molecule has 0 aromatic heterocycles. The average molecular weight is 264 g/mol. The number of carbonyl (C=O) groups is 2. The number of rotatable bonds is 3. The van der Waals surface area contributed by atoms with Crippen LogP contribution in [0.1, 0.15) is 34.1 Å². The van der Waals surface area contributed by atoms with Gasteiger partial charge in [-0.15, -0.1) is 0 Å². The number of hydrogen-bond acceptors (Lipinski definition) is 4. The van der Waals surface area contributed by atoms with Crippen LogP contribution in [0.5, 0.6) is 0 Å². The van der Waals surface area contributed by atoms with Crippen molar-refractivity contribution in [2.45, 2.75) is 45.6 Å². The fourth-order valence-electron chi connectivity index (χ4n) is 1.40. The van der Waals surface area contributed by atoms with Gasteiger partial charge < -0.3 is 9.47 Å². The van der Waals surface area contributed by atoms with Gasteiger partial charge in [0.1, 0.15) is 6.61 Å². The highest BCUT2D eigenvalue weighted by Crippen LogP contribution is 2.38. The molecule has 1 aliphatic rings. The quantitative estimate of drug-likeness (QED) is 0.731. The molecule has 0 aliphatic carbocycles. The second kappa shape index (κ2) is 4.57. The molecule has 1 heterocycles. The normalized spacial score (nSPS) is 28.0. The van der Waals surface area contributed by atoms with Crippen LogP contribution in [0.2, 0.25) is 0 Å². The van der Waals surface area contributed by atoms with Crippen LogP contribution >= 0.6 is 0 Å². The van der Waals surface area contributed by atoms with E-state index in [9.17, 15) is 18.4 Å². The fraction of sp³-hybridized carbons (Fsp3) is 0.833. The monoisotopic (exact) mass is 264 g/mol. The highest BCUT2D eigenvalue weighted by molar-refractivity contribution is 5.89. The van der Waals surface area contributed by atoms with Crippen LogP contribution in [0.4, 0.5) is 8.78 Å². The smallest absolute Gasteiger partial charge is 0.348 e. The summed E-state index contributed by atoms with van der Waals surface area (Å²) in [4.78, 5) is 23.0. The largest absolute Gasteiger partial charge is 0.449 e. The minimum absolute atomic E-state index is 0.447. The summed E-state index contributed by atoms with van der Waals surface area (Å²) >= 11 is 0. The first-order chi connectivity index (χ1) is 8.07. The molecule has 0 aromatic rings. The lowest BCUT2D eigenvalue weighted by atomic mass is 9.88. The van der Waals surface area contributed by atoms with E-state index >= 15 is 0 Å². The van der Waals surface area contributed by atoms with Crippen LogP contribution in [-0.4, -0.2) is 36.5 Å². The summed E-state index contributed by atoms with van der Waals surface area (Å²) < 4.78 is 37.2. The van der Waals surface area contributed by atoms with Crippen LogP contribution in [0.25, 0.3) is 0 Å². The van der Waals surface area contributed by atoms with Gasteiger partial charge in [0.15, 0.2) is 0 Å². The van der Waals surface area contributed by atoms with Crippen molar-refractivity contribution in [3.05, 3.63) is 0 Å². The van der Waals surface area contributed by atoms with E-state index < -0.39 is 41.9 Å². The van der Waals surface area contributed by atoms with Crippen LogP contribution in [0, 0.1) is 5.41 Å². The van der Waals surface area contributed by atoms with E-state index in [2.05, 4.69) is 0 Å². The van der Waals surface area contributed by atoms with E-state index in [0.717, 1.165) is 6.92 Å². The molecule has 1 rings (SSSR count). The van der Waals surface area contributed by atoms with Gasteiger partial charge in [-0.05, 0) is 27.2 Å². The van der Waals surface area contributed by atoms with Crippen molar-refractivity contribution in [1.29, 1.82) is 0 Å². The Labute approximate surface area is 105 Å². The molecule has 0 radical (unpaired) electrons. The first-order valence-electron chi connectivity index (χ1n) is 5.79. The van der Waals surface area contributed by atoms with Gasteiger partial charge in [0, 0.05) is 0 Å². The molecule has 1 fully saturated rings. The number of halogens is 2. The molecule has 1 unspecified atom stereocenters. The van der Waals surface area contributed by atoms with Crippen molar-refractivity contribution >= 4 is 11.8 Å². The third kappa shape index (κ3) is 2.39. The average Bonchev–Trinajstić information content (AvgIpc) is 2.26. The molecule has 0 spiro atoms. The van der Waals surface area contributed by atoms with Gasteiger partial charge in [0.05, 0.1) is 12.0 Å². The third-order valence-corrected chi connectivity index (χ3v) is 3.38. The predicted molar refractivity (Wildman–Crippen MR) is 59.3 cm³/mol. The molecule has 0 aromatic carbocycles. The lowest BCUT2D eigenvalue weighted by molar-refractivity contribution is -0.240. The van der Waals surface area contributed by atoms with Gasteiger partial charge in [-0.3, -0.25) is 9.59 Å². The van der Waals surface area contributed by atoms with Crippen LogP contribution in [0.3, 0.4) is 0 Å². The maximum absolute atomic E-state index is 13.8. The minimum atomic E-state index is -3.72. The number of carbonyl (C=O) groups excluding carboxylic acids is 2. The fourth-order valence-corrected chi connectivity index (χ4v) is 1.40. The molecule has 0 N–H and O–H groups in total. The molecule has 104 valence electrons. The van der Waals surface area contributed by atoms with Crippen LogP contribution in [0.15, 0.2) is 0 Å². The van der Waals surface area contributed by atoms with Gasteiger partial charge in [-0.1, -0.05) is 6.92 Å². The van der Waals surface area contributed by atoms with Crippen LogP contribution in [-0.2, 0) is 19.1 Å². The molecule has 0 bridgehead atoms. The van der Waals surface area contributed by atoms with Crippen molar-refractivity contribution < 1.29 is 27.8 Å². The lowest BCUT2D eigenvalue weighted by Crippen LogP contribution is -2.62. The third-order valence-electron chi connectivity index (χ3n) is 3.38. The Bertz CT molecular complexity index is 365. The summed E-state index contributed by atoms with van der Waals surface area (Å²) in [6, 6.07) is 0. The topological polar surface area (TPSA) is 52.6 Å². The Balaban J connectivity index is 2.94. The minimum Gasteiger partial charge on any atom is -0.449 e. The number of esters is 1. The van der Waals surface area contributed by atoms with Crippen molar-refractivity contribution in [3.8, 4) is 0 Å². The van der Waals surface area contributed by atoms with Crippen molar-refractivity contribution in [3.63, 3.8) is 0 Å². The number of ether oxygens (including phenoxy) is 2. The van der Waals surface area contributed by atoms with E-state index in [1.54, 1.807) is 20.8 Å². The first-order valence-corrected chi connectivity index (χ1v) is 5.79. The maximum atomic E-state index is 13.8. The van der Waals surface area contributed by atoms with E-state index in [1.165, 1.54) is 0 Å². The Morgan fingerprint density at radius 2 is 2.06 bits per heavy atom. The zero-order valence-electron chi connectivity index (χ0n) is 11.0. The molecular weight excluding hydrogens is 246 g/mol. The molecular formula is C12H18F2O4. The van der Waals surface area contributed by atoms with Gasteiger partial charge in [-0.25, -0.2) is 0 Å². The van der Waals surface area contributed by atoms with Crippen molar-refractivity contribution in [2.24, 2.45) is 5.41 Å². The summed E-state index contributed by atoms with van der Waals surface area (Å²) in [6.45, 7) is 4.83. The molecule has 1 saturated heterocycles. The number of Topliss-reactive ketones (excluding diaryl/α,β-unsaturated/α-hetero) is 1. The summed E-state index contributed by atoms with van der Waals surface area (Å²) in [5.74, 6) is -5.84. The van der Waals surface area contributed by atoms with E-state index in [4.69, 9.17) is 9.47 Å². The number of alkyl halides is 2. The molecule has 6 heteroatoms. The lowest BCUT2D eigenvalue weighted by Gasteiger charge is -2.40. The Kier molecular flexibility index (Phi) is 3.81. The van der Waals surface area contributed by atoms with Crippen molar-refractivity contribution in [1.82, 2.24) is 0 Å². The Hall–Kier alpha value is -1.04. The summed E-state index contributed by atoms with van der Waals surface area (Å²) in [5.41, 5.74) is -3.11. The highest BCUT2D eigenvalue weighted by atomic mass is 19.3. The maximum Gasteiger partial charge on any atom is 0.348 e. The van der Waals surface area contributed by atoms with Crippen LogP contribution < -0.4 is 0 Å². The van der Waals surface area contributed by atoms with E-state index in [-0.39, 0.29) is 0 Å². The van der Waals surface area contributed by atoms with Crippen molar-refractivity contribution in [2.75, 3.05) is 13.2 Å². The van der Waals surface area contributed by atoms with Gasteiger partial charge in [0.2, 0.25) is 11.4 Å². The standard InChI is InChI=1S/C12H18F2O4/c1-5-10(2,3)9(16)18-11(4)7-17-6-8(15)12(11,13)14/h5-7H2,1-4H3. The first kappa shape index (κ1) is 15.0. The second-order valence-electron chi connectivity index (χ2n) is 5.35. The van der Waals surface area contributed by atoms with Gasteiger partial charge in [0.25, 0.3) is 0 Å². The number of hydrogen-bond donors (Lipinski definition) is 0. The molecule has 4 nitrogen and oxygen atoms in total. The van der Waals surface area contributed by atoms with E-state index in [0.29, 0.717) is 6.42 Å². The molecule has 1 atom stereocenters. The molecule has 1 aliphatic heterocycles. The Morgan fingerprint density at radius 3 is 2.56 bits per heavy atom. The molecule has 18 heavy (non-hydrogen) atoms. The Morgan fingerprint density at radius 1 is 1.50 bits per heavy atom. The van der Waals surface area contributed by atoms with Gasteiger partial charge in [-0.2, -0.15) is 8.78 Å². The SMILES string of the molecule is CCC(C)(C)C(=O)OC1(C)COCC(=O)C1(F)F. The zero-order chi connectivity index (χ0) is 14.2. The highest BCUT2D eigenvalue weighted by Gasteiger charge is 2.62. The zero-order valence-corrected chi connectivity index (χ0v) is 11.0. The molecule has 0 saturated carbocycles. The summed E-state index contributed by atoms with van der Waals surface area (Å²) in [6.07, 6.45) is 0.447. The summed E-state index contributed by atoms with van der Waals surface area (Å²) in [7, 11) is 0.